The minimum atomic E-state index is 0.514. The molecule has 4 rings (SSSR count). The van der Waals surface area contributed by atoms with Gasteiger partial charge in [0.1, 0.15) is 19.8 Å². The molecule has 2 aromatic carbocycles. The number of nitrogens with one attached hydrogen (secondary N) is 1. The molecule has 0 aromatic heterocycles. The summed E-state index contributed by atoms with van der Waals surface area (Å²) in [5, 5.41) is 3.58. The number of para-hydroxylation sites is 1. The van der Waals surface area contributed by atoms with Crippen LogP contribution in [0.2, 0.25) is 0 Å². The molecule has 0 atom stereocenters. The zero-order valence-corrected chi connectivity index (χ0v) is 13.1. The monoisotopic (exact) mass is 311 g/mol. The molecule has 2 aliphatic rings. The summed E-state index contributed by atoms with van der Waals surface area (Å²) in [7, 11) is 0. The molecule has 1 N–H and O–H groups in total. The first-order valence-electron chi connectivity index (χ1n) is 8.22. The van der Waals surface area contributed by atoms with E-state index < -0.39 is 0 Å². The Morgan fingerprint density at radius 2 is 1.74 bits per heavy atom. The quantitative estimate of drug-likeness (QED) is 0.862. The average Bonchev–Trinajstić information content (AvgIpc) is 3.01. The molecule has 0 saturated carbocycles. The van der Waals surface area contributed by atoms with Gasteiger partial charge >= 0.3 is 0 Å². The lowest BCUT2D eigenvalue weighted by Gasteiger charge is -2.21. The van der Waals surface area contributed by atoms with Gasteiger partial charge in [-0.3, -0.25) is 0 Å². The normalized spacial score (nSPS) is 16.2. The third-order valence-corrected chi connectivity index (χ3v) is 4.37. The van der Waals surface area contributed by atoms with Gasteiger partial charge in [0, 0.05) is 12.6 Å². The third kappa shape index (κ3) is 3.13. The SMILES string of the molecule is c1ccc2c(c1)CC(NCCOc1cccc3c1OCCO3)C2. The van der Waals surface area contributed by atoms with E-state index >= 15 is 0 Å². The summed E-state index contributed by atoms with van der Waals surface area (Å²) in [6, 6.07) is 15.0. The van der Waals surface area contributed by atoms with Crippen molar-refractivity contribution in [3.05, 3.63) is 53.6 Å². The molecule has 4 nitrogen and oxygen atoms in total. The molecule has 0 bridgehead atoms. The van der Waals surface area contributed by atoms with Gasteiger partial charge in [-0.15, -0.1) is 0 Å². The van der Waals surface area contributed by atoms with Gasteiger partial charge in [0.05, 0.1) is 0 Å². The zero-order valence-electron chi connectivity index (χ0n) is 13.1. The fourth-order valence-corrected chi connectivity index (χ4v) is 3.29. The van der Waals surface area contributed by atoms with Crippen molar-refractivity contribution in [1.82, 2.24) is 5.32 Å². The third-order valence-electron chi connectivity index (χ3n) is 4.37. The Morgan fingerprint density at radius 3 is 2.57 bits per heavy atom. The topological polar surface area (TPSA) is 39.7 Å². The van der Waals surface area contributed by atoms with E-state index in [2.05, 4.69) is 29.6 Å². The molecule has 0 amide bonds. The number of hydrogen-bond acceptors (Lipinski definition) is 4. The van der Waals surface area contributed by atoms with E-state index in [1.165, 1.54) is 11.1 Å². The molecule has 0 radical (unpaired) electrons. The van der Waals surface area contributed by atoms with Crippen molar-refractivity contribution in [2.75, 3.05) is 26.4 Å². The first kappa shape index (κ1) is 14.4. The predicted molar refractivity (Wildman–Crippen MR) is 88.6 cm³/mol. The van der Waals surface area contributed by atoms with Gasteiger partial charge in [0.15, 0.2) is 11.5 Å². The second-order valence-electron chi connectivity index (χ2n) is 5.96. The largest absolute Gasteiger partial charge is 0.488 e. The standard InChI is InChI=1S/C19H21NO3/c1-2-5-15-13-16(12-14(15)4-1)20-8-9-21-17-6-3-7-18-19(17)23-11-10-22-18/h1-7,16,20H,8-13H2. The molecule has 0 spiro atoms. The van der Waals surface area contributed by atoms with Crippen LogP contribution in [0.15, 0.2) is 42.5 Å². The number of benzene rings is 2. The van der Waals surface area contributed by atoms with Gasteiger partial charge in [0.2, 0.25) is 5.75 Å². The summed E-state index contributed by atoms with van der Waals surface area (Å²) in [5.41, 5.74) is 2.93. The minimum Gasteiger partial charge on any atom is -0.488 e. The summed E-state index contributed by atoms with van der Waals surface area (Å²) in [4.78, 5) is 0. The Balaban J connectivity index is 1.27. The van der Waals surface area contributed by atoms with E-state index in [1.807, 2.05) is 18.2 Å². The minimum absolute atomic E-state index is 0.514. The Bertz CT molecular complexity index is 661. The van der Waals surface area contributed by atoms with Gasteiger partial charge in [-0.1, -0.05) is 30.3 Å². The van der Waals surface area contributed by atoms with Crippen LogP contribution in [0.25, 0.3) is 0 Å². The molecule has 2 aromatic rings. The summed E-state index contributed by atoms with van der Waals surface area (Å²) in [6.45, 7) is 2.61. The van der Waals surface area contributed by atoms with Gasteiger partial charge in [-0.2, -0.15) is 0 Å². The van der Waals surface area contributed by atoms with Crippen LogP contribution in [0.4, 0.5) is 0 Å². The van der Waals surface area contributed by atoms with E-state index in [1.54, 1.807) is 0 Å². The fraction of sp³-hybridized carbons (Fsp3) is 0.368. The fourth-order valence-electron chi connectivity index (χ4n) is 3.29. The van der Waals surface area contributed by atoms with E-state index in [4.69, 9.17) is 14.2 Å². The van der Waals surface area contributed by atoms with Crippen molar-refractivity contribution >= 4 is 0 Å². The Hall–Kier alpha value is -2.20. The second kappa shape index (κ2) is 6.50. The molecule has 1 aliphatic heterocycles. The molecule has 120 valence electrons. The Morgan fingerprint density at radius 1 is 0.957 bits per heavy atom. The molecule has 0 fully saturated rings. The highest BCUT2D eigenvalue weighted by Crippen LogP contribution is 2.38. The lowest BCUT2D eigenvalue weighted by Crippen LogP contribution is -2.33. The van der Waals surface area contributed by atoms with Gasteiger partial charge in [0.25, 0.3) is 0 Å². The molecule has 0 saturated heterocycles. The maximum atomic E-state index is 5.87. The Labute approximate surface area is 136 Å². The zero-order chi connectivity index (χ0) is 15.5. The molecule has 23 heavy (non-hydrogen) atoms. The van der Waals surface area contributed by atoms with Crippen LogP contribution in [0.5, 0.6) is 17.2 Å². The highest BCUT2D eigenvalue weighted by Gasteiger charge is 2.20. The lowest BCUT2D eigenvalue weighted by atomic mass is 10.1. The highest BCUT2D eigenvalue weighted by atomic mass is 16.6. The molecular formula is C19H21NO3. The maximum absolute atomic E-state index is 5.87. The van der Waals surface area contributed by atoms with Crippen LogP contribution in [-0.4, -0.2) is 32.4 Å². The smallest absolute Gasteiger partial charge is 0.203 e. The molecule has 0 unspecified atom stereocenters. The lowest BCUT2D eigenvalue weighted by molar-refractivity contribution is 0.162. The van der Waals surface area contributed by atoms with Crippen molar-refractivity contribution in [1.29, 1.82) is 0 Å². The summed E-state index contributed by atoms with van der Waals surface area (Å²) in [5.74, 6) is 2.26. The van der Waals surface area contributed by atoms with E-state index in [9.17, 15) is 0 Å². The van der Waals surface area contributed by atoms with Crippen LogP contribution in [0, 0.1) is 0 Å². The average molecular weight is 311 g/mol. The summed E-state index contributed by atoms with van der Waals surface area (Å²) in [6.07, 6.45) is 2.21. The summed E-state index contributed by atoms with van der Waals surface area (Å²) >= 11 is 0. The first-order valence-corrected chi connectivity index (χ1v) is 8.22. The predicted octanol–water partition coefficient (Wildman–Crippen LogP) is 2.59. The van der Waals surface area contributed by atoms with E-state index in [0.29, 0.717) is 25.9 Å². The Kier molecular flexibility index (Phi) is 4.07. The van der Waals surface area contributed by atoms with Crippen LogP contribution in [0.1, 0.15) is 11.1 Å². The van der Waals surface area contributed by atoms with Crippen molar-refractivity contribution in [2.45, 2.75) is 18.9 Å². The number of fused-ring (bicyclic) bond motifs is 2. The van der Waals surface area contributed by atoms with E-state index in [0.717, 1.165) is 36.6 Å². The molecule has 1 aliphatic carbocycles. The first-order chi connectivity index (χ1) is 11.4. The van der Waals surface area contributed by atoms with Crippen molar-refractivity contribution in [3.8, 4) is 17.2 Å². The molecular weight excluding hydrogens is 290 g/mol. The van der Waals surface area contributed by atoms with Crippen molar-refractivity contribution < 1.29 is 14.2 Å². The van der Waals surface area contributed by atoms with Crippen LogP contribution in [0.3, 0.4) is 0 Å². The highest BCUT2D eigenvalue weighted by molar-refractivity contribution is 5.51. The van der Waals surface area contributed by atoms with Crippen molar-refractivity contribution in [3.63, 3.8) is 0 Å². The van der Waals surface area contributed by atoms with Gasteiger partial charge in [-0.25, -0.2) is 0 Å². The number of hydrogen-bond donors (Lipinski definition) is 1. The van der Waals surface area contributed by atoms with E-state index in [-0.39, 0.29) is 0 Å². The summed E-state index contributed by atoms with van der Waals surface area (Å²) < 4.78 is 17.1. The van der Waals surface area contributed by atoms with Crippen molar-refractivity contribution in [2.24, 2.45) is 0 Å². The van der Waals surface area contributed by atoms with Crippen LogP contribution < -0.4 is 19.5 Å². The number of rotatable bonds is 5. The number of ether oxygens (including phenoxy) is 3. The van der Waals surface area contributed by atoms with Gasteiger partial charge < -0.3 is 19.5 Å². The molecule has 4 heteroatoms. The van der Waals surface area contributed by atoms with Crippen LogP contribution in [-0.2, 0) is 12.8 Å². The second-order valence-corrected chi connectivity index (χ2v) is 5.96. The molecule has 1 heterocycles. The maximum Gasteiger partial charge on any atom is 0.203 e. The van der Waals surface area contributed by atoms with Crippen LogP contribution >= 0.6 is 0 Å². The van der Waals surface area contributed by atoms with Gasteiger partial charge in [-0.05, 0) is 36.1 Å².